The van der Waals surface area contributed by atoms with Crippen molar-refractivity contribution in [3.05, 3.63) is 251 Å². The van der Waals surface area contributed by atoms with Crippen LogP contribution < -0.4 is 0 Å². The fourth-order valence-corrected chi connectivity index (χ4v) is 8.75. The molecule has 0 radical (unpaired) electrons. The molecule has 0 aliphatic carbocycles. The molecule has 0 nitrogen and oxygen atoms in total. The summed E-state index contributed by atoms with van der Waals surface area (Å²) in [7, 11) is 0. The summed E-state index contributed by atoms with van der Waals surface area (Å²) in [4.78, 5) is 0. The van der Waals surface area contributed by atoms with E-state index in [9.17, 15) is 0 Å². The minimum Gasteiger partial charge on any atom is -0.0622 e. The first-order valence-corrected chi connectivity index (χ1v) is 21.9. The molecular formula is C62H54. The summed E-state index contributed by atoms with van der Waals surface area (Å²) in [6, 6.07) is 75.7. The monoisotopic (exact) mass is 798 g/mol. The van der Waals surface area contributed by atoms with E-state index in [1.54, 1.807) is 0 Å². The van der Waals surface area contributed by atoms with Crippen molar-refractivity contribution in [1.82, 2.24) is 0 Å². The van der Waals surface area contributed by atoms with Crippen LogP contribution in [0, 0.1) is 0 Å². The largest absolute Gasteiger partial charge is 0.0622 e. The summed E-state index contributed by atoms with van der Waals surface area (Å²) in [6.07, 6.45) is 4.64. The molecule has 0 atom stereocenters. The molecule has 0 saturated heterocycles. The molecule has 0 aromatic heterocycles. The third kappa shape index (κ3) is 8.34. The van der Waals surface area contributed by atoms with Crippen LogP contribution in [0.25, 0.3) is 67.1 Å². The van der Waals surface area contributed by atoms with Gasteiger partial charge in [-0.1, -0.05) is 236 Å². The van der Waals surface area contributed by atoms with Crippen LogP contribution >= 0.6 is 0 Å². The molecule has 0 fully saturated rings. The van der Waals surface area contributed by atoms with Gasteiger partial charge >= 0.3 is 0 Å². The molecule has 9 aromatic rings. The number of fused-ring (bicyclic) bond motifs is 2. The van der Waals surface area contributed by atoms with Crippen LogP contribution in [0.4, 0.5) is 0 Å². The second-order valence-corrected chi connectivity index (χ2v) is 18.6. The molecule has 302 valence electrons. The van der Waals surface area contributed by atoms with Gasteiger partial charge in [-0.15, -0.1) is 0 Å². The second-order valence-electron chi connectivity index (χ2n) is 18.6. The quantitative estimate of drug-likeness (QED) is 0.106. The Labute approximate surface area is 368 Å². The van der Waals surface area contributed by atoms with Crippen molar-refractivity contribution in [3.63, 3.8) is 0 Å². The predicted molar refractivity (Wildman–Crippen MR) is 269 cm³/mol. The highest BCUT2D eigenvalue weighted by Gasteiger charge is 2.23. The molecule has 0 heterocycles. The zero-order valence-corrected chi connectivity index (χ0v) is 36.8. The molecule has 0 N–H and O–H groups in total. The molecule has 0 bridgehead atoms. The Morgan fingerprint density at radius 1 is 0.306 bits per heavy atom. The van der Waals surface area contributed by atoms with Gasteiger partial charge in [-0.3, -0.25) is 0 Å². The van der Waals surface area contributed by atoms with Crippen LogP contribution in [0.1, 0.15) is 86.1 Å². The van der Waals surface area contributed by atoms with E-state index < -0.39 is 0 Å². The van der Waals surface area contributed by atoms with E-state index in [2.05, 4.69) is 260 Å². The fraction of sp³-hybridized carbons (Fsp3) is 0.129. The van der Waals surface area contributed by atoms with Crippen molar-refractivity contribution in [2.75, 3.05) is 0 Å². The van der Waals surface area contributed by atoms with Crippen molar-refractivity contribution in [3.8, 4) is 22.3 Å². The Bertz CT molecular complexity index is 2750. The first kappa shape index (κ1) is 40.4. The molecule has 9 rings (SSSR count). The van der Waals surface area contributed by atoms with E-state index in [4.69, 9.17) is 0 Å². The maximum atomic E-state index is 2.46. The van der Waals surface area contributed by atoms with E-state index in [-0.39, 0.29) is 10.8 Å². The van der Waals surface area contributed by atoms with Crippen LogP contribution in [0.5, 0.6) is 0 Å². The van der Waals surface area contributed by atoms with E-state index in [0.29, 0.717) is 0 Å². The van der Waals surface area contributed by atoms with Crippen molar-refractivity contribution in [2.24, 2.45) is 0 Å². The Morgan fingerprint density at radius 2 is 0.597 bits per heavy atom. The van der Waals surface area contributed by atoms with Gasteiger partial charge in [-0.2, -0.15) is 0 Å². The van der Waals surface area contributed by atoms with Crippen molar-refractivity contribution >= 4 is 44.8 Å². The van der Waals surface area contributed by atoms with Gasteiger partial charge in [-0.05, 0) is 135 Å². The summed E-state index contributed by atoms with van der Waals surface area (Å²) < 4.78 is 0. The third-order valence-electron chi connectivity index (χ3n) is 12.2. The van der Waals surface area contributed by atoms with Crippen LogP contribution in [0.15, 0.2) is 206 Å². The average molecular weight is 799 g/mol. The zero-order valence-electron chi connectivity index (χ0n) is 36.8. The lowest BCUT2D eigenvalue weighted by molar-refractivity contribution is 0.590. The Morgan fingerprint density at radius 3 is 0.871 bits per heavy atom. The van der Waals surface area contributed by atoms with E-state index in [0.717, 1.165) is 0 Å². The molecule has 0 saturated carbocycles. The number of hydrogen-bond acceptors (Lipinski definition) is 0. The summed E-state index contributed by atoms with van der Waals surface area (Å²) in [5.74, 6) is 0. The topological polar surface area (TPSA) is 0 Å². The lowest BCUT2D eigenvalue weighted by Crippen LogP contribution is -2.11. The maximum Gasteiger partial charge on any atom is -0.00263 e. The highest BCUT2D eigenvalue weighted by atomic mass is 14.3. The van der Waals surface area contributed by atoms with Crippen molar-refractivity contribution in [1.29, 1.82) is 0 Å². The Kier molecular flexibility index (Phi) is 10.9. The van der Waals surface area contributed by atoms with E-state index >= 15 is 0 Å². The van der Waals surface area contributed by atoms with Crippen LogP contribution in [-0.2, 0) is 10.8 Å². The fourth-order valence-electron chi connectivity index (χ4n) is 8.75. The third-order valence-corrected chi connectivity index (χ3v) is 12.2. The Hall–Kier alpha value is -7.02. The second kappa shape index (κ2) is 16.8. The summed E-state index contributed by atoms with van der Waals surface area (Å²) in [5, 5.41) is 5.09. The highest BCUT2D eigenvalue weighted by molar-refractivity contribution is 6.21. The van der Waals surface area contributed by atoms with Gasteiger partial charge in [0.05, 0.1) is 0 Å². The first-order chi connectivity index (χ1) is 30.0. The normalized spacial score (nSPS) is 11.7. The molecular weight excluding hydrogens is 745 g/mol. The van der Waals surface area contributed by atoms with Crippen LogP contribution in [0.3, 0.4) is 0 Å². The van der Waals surface area contributed by atoms with Gasteiger partial charge < -0.3 is 0 Å². The SMILES string of the molecule is CC(C)(C)c1ccc2c(-c3ccc(C=C(c4ccccc4)c4ccccc4)cc3)c3cc(C(C)(C)C)ccc3c(-c3ccc(C=C(c4ccccc4)c4ccccc4)cc3)c2c1. The molecule has 0 heteroatoms. The van der Waals surface area contributed by atoms with E-state index in [1.807, 2.05) is 0 Å². The summed E-state index contributed by atoms with van der Waals surface area (Å²) in [6.45, 7) is 13.9. The lowest BCUT2D eigenvalue weighted by atomic mass is 9.79. The van der Waals surface area contributed by atoms with Gasteiger partial charge in [0.2, 0.25) is 0 Å². The van der Waals surface area contributed by atoms with Crippen LogP contribution in [-0.4, -0.2) is 0 Å². The standard InChI is InChI=1S/C62H54/c1-61(2,3)51-35-37-53-57(41-51)59(49-31-27-43(28-32-49)39-55(45-19-11-7-12-20-45)46-21-13-8-14-22-46)54-38-36-52(62(4,5)6)42-58(54)60(53)50-33-29-44(30-34-50)40-56(47-23-15-9-16-24-47)48-25-17-10-18-26-48/h7-42H,1-6H3. The molecule has 0 aliphatic rings. The van der Waals surface area contributed by atoms with Gasteiger partial charge in [0.1, 0.15) is 0 Å². The zero-order chi connectivity index (χ0) is 42.8. The lowest BCUT2D eigenvalue weighted by Gasteiger charge is -2.25. The minimum absolute atomic E-state index is 0.0141. The van der Waals surface area contributed by atoms with E-state index in [1.165, 1.54) is 99.5 Å². The number of benzene rings is 9. The predicted octanol–water partition coefficient (Wildman–Crippen LogP) is 17.1. The highest BCUT2D eigenvalue weighted by Crippen LogP contribution is 2.46. The first-order valence-electron chi connectivity index (χ1n) is 21.9. The van der Waals surface area contributed by atoms with Gasteiger partial charge in [0, 0.05) is 0 Å². The number of hydrogen-bond donors (Lipinski definition) is 0. The van der Waals surface area contributed by atoms with Crippen LogP contribution in [0.2, 0.25) is 0 Å². The molecule has 0 amide bonds. The molecule has 0 aliphatic heterocycles. The molecule has 0 spiro atoms. The molecule has 9 aromatic carbocycles. The average Bonchev–Trinajstić information content (AvgIpc) is 3.30. The van der Waals surface area contributed by atoms with Gasteiger partial charge in [-0.25, -0.2) is 0 Å². The summed E-state index contributed by atoms with van der Waals surface area (Å²) >= 11 is 0. The van der Waals surface area contributed by atoms with Crippen molar-refractivity contribution in [2.45, 2.75) is 52.4 Å². The summed E-state index contributed by atoms with van der Waals surface area (Å²) in [5.41, 5.74) is 17.2. The molecule has 0 unspecified atom stereocenters. The Balaban J connectivity index is 1.23. The maximum absolute atomic E-state index is 2.46. The minimum atomic E-state index is -0.0141. The molecule has 62 heavy (non-hydrogen) atoms. The number of rotatable bonds is 8. The smallest absolute Gasteiger partial charge is 0.00263 e. The van der Waals surface area contributed by atoms with Gasteiger partial charge in [0.25, 0.3) is 0 Å². The van der Waals surface area contributed by atoms with Gasteiger partial charge in [0.15, 0.2) is 0 Å². The van der Waals surface area contributed by atoms with Crippen molar-refractivity contribution < 1.29 is 0 Å².